The van der Waals surface area contributed by atoms with Crippen LogP contribution >= 0.6 is 12.4 Å². The third kappa shape index (κ3) is 5.89. The monoisotopic (exact) mass is 389 g/mol. The minimum atomic E-state index is -0.215. The van der Waals surface area contributed by atoms with Crippen molar-refractivity contribution in [2.45, 2.75) is 31.8 Å². The maximum Gasteiger partial charge on any atom is 0.258 e. The van der Waals surface area contributed by atoms with Gasteiger partial charge in [-0.3, -0.25) is 9.59 Å². The predicted molar refractivity (Wildman–Crippen MR) is 107 cm³/mol. The minimum Gasteiger partial charge on any atom is -0.484 e. The lowest BCUT2D eigenvalue weighted by atomic mass is 10.1. The van der Waals surface area contributed by atoms with Crippen LogP contribution in [0.25, 0.3) is 0 Å². The highest BCUT2D eigenvalue weighted by molar-refractivity contribution is 5.99. The van der Waals surface area contributed by atoms with Gasteiger partial charge in [0, 0.05) is 11.7 Å². The molecule has 0 aromatic heterocycles. The standard InChI is InChI=1S/C20H23N3O3.ClH/c1-13(22-20(25)17-4-2-3-5-18(17)21)14-6-10-16(11-7-14)26-12-19(24)23-15-8-9-15;/h2-7,10-11,13,15H,8-9,12,21H2,1H3,(H,22,25)(H,23,24);1H. The van der Waals surface area contributed by atoms with Gasteiger partial charge in [-0.2, -0.15) is 0 Å². The van der Waals surface area contributed by atoms with Crippen molar-refractivity contribution in [2.24, 2.45) is 0 Å². The number of nitrogen functional groups attached to an aromatic ring is 1. The molecule has 1 aliphatic carbocycles. The first-order valence-electron chi connectivity index (χ1n) is 8.70. The fraction of sp³-hybridized carbons (Fsp3) is 0.300. The van der Waals surface area contributed by atoms with E-state index in [1.165, 1.54) is 0 Å². The van der Waals surface area contributed by atoms with Crippen LogP contribution in [-0.2, 0) is 4.79 Å². The summed E-state index contributed by atoms with van der Waals surface area (Å²) in [6.45, 7) is 1.91. The van der Waals surface area contributed by atoms with Gasteiger partial charge in [0.05, 0.1) is 11.6 Å². The summed E-state index contributed by atoms with van der Waals surface area (Å²) in [5.74, 6) is 0.302. The highest BCUT2D eigenvalue weighted by Crippen LogP contribution is 2.20. The number of hydrogen-bond donors (Lipinski definition) is 3. The molecule has 0 spiro atoms. The number of anilines is 1. The molecule has 2 amide bonds. The molecule has 0 aliphatic heterocycles. The van der Waals surface area contributed by atoms with Crippen molar-refractivity contribution in [1.29, 1.82) is 0 Å². The first kappa shape index (κ1) is 20.6. The van der Waals surface area contributed by atoms with Crippen LogP contribution in [0, 0.1) is 0 Å². The molecule has 4 N–H and O–H groups in total. The quantitative estimate of drug-likeness (QED) is 0.635. The second-order valence-corrected chi connectivity index (χ2v) is 6.48. The zero-order valence-electron chi connectivity index (χ0n) is 15.1. The molecular weight excluding hydrogens is 366 g/mol. The average Bonchev–Trinajstić information content (AvgIpc) is 3.44. The van der Waals surface area contributed by atoms with Gasteiger partial charge in [-0.15, -0.1) is 12.4 Å². The summed E-state index contributed by atoms with van der Waals surface area (Å²) in [6.07, 6.45) is 2.11. The van der Waals surface area contributed by atoms with E-state index in [-0.39, 0.29) is 36.9 Å². The van der Waals surface area contributed by atoms with Gasteiger partial charge >= 0.3 is 0 Å². The Morgan fingerprint density at radius 1 is 1.15 bits per heavy atom. The van der Waals surface area contributed by atoms with Crippen LogP contribution in [0.1, 0.15) is 41.7 Å². The van der Waals surface area contributed by atoms with Gasteiger partial charge in [0.15, 0.2) is 6.61 Å². The second-order valence-electron chi connectivity index (χ2n) is 6.48. The van der Waals surface area contributed by atoms with Crippen molar-refractivity contribution < 1.29 is 14.3 Å². The Hall–Kier alpha value is -2.73. The van der Waals surface area contributed by atoms with E-state index < -0.39 is 0 Å². The number of amides is 2. The van der Waals surface area contributed by atoms with Gasteiger partial charge in [-0.05, 0) is 49.6 Å². The van der Waals surface area contributed by atoms with Crippen LogP contribution in [0.5, 0.6) is 5.75 Å². The molecule has 0 radical (unpaired) electrons. The van der Waals surface area contributed by atoms with E-state index in [9.17, 15) is 9.59 Å². The molecule has 0 heterocycles. The Labute approximate surface area is 164 Å². The number of benzene rings is 2. The van der Waals surface area contributed by atoms with Crippen LogP contribution in [0.2, 0.25) is 0 Å². The fourth-order valence-corrected chi connectivity index (χ4v) is 2.56. The molecule has 7 heteroatoms. The summed E-state index contributed by atoms with van der Waals surface area (Å²) in [4.78, 5) is 24.0. The molecule has 6 nitrogen and oxygen atoms in total. The molecule has 1 fully saturated rings. The van der Waals surface area contributed by atoms with Gasteiger partial charge in [-0.1, -0.05) is 24.3 Å². The molecule has 0 bridgehead atoms. The maximum atomic E-state index is 12.3. The van der Waals surface area contributed by atoms with E-state index in [0.717, 1.165) is 18.4 Å². The first-order valence-corrected chi connectivity index (χ1v) is 8.70. The minimum absolute atomic E-state index is 0. The van der Waals surface area contributed by atoms with Gasteiger partial charge in [0.25, 0.3) is 11.8 Å². The van der Waals surface area contributed by atoms with E-state index in [1.807, 2.05) is 19.1 Å². The number of nitrogens with one attached hydrogen (secondary N) is 2. The molecule has 0 saturated heterocycles. The van der Waals surface area contributed by atoms with E-state index in [2.05, 4.69) is 10.6 Å². The molecule has 1 saturated carbocycles. The highest BCUT2D eigenvalue weighted by Gasteiger charge is 2.23. The number of nitrogens with two attached hydrogens (primary N) is 1. The van der Waals surface area contributed by atoms with E-state index in [0.29, 0.717) is 23.0 Å². The third-order valence-electron chi connectivity index (χ3n) is 4.25. The maximum absolute atomic E-state index is 12.3. The summed E-state index contributed by atoms with van der Waals surface area (Å²) >= 11 is 0. The smallest absolute Gasteiger partial charge is 0.258 e. The highest BCUT2D eigenvalue weighted by atomic mass is 35.5. The normalized spacial score (nSPS) is 13.8. The van der Waals surface area contributed by atoms with Crippen molar-refractivity contribution in [2.75, 3.05) is 12.3 Å². The van der Waals surface area contributed by atoms with E-state index in [1.54, 1.807) is 36.4 Å². The summed E-state index contributed by atoms with van der Waals surface area (Å²) in [5.41, 5.74) is 7.68. The molecule has 1 aliphatic rings. The van der Waals surface area contributed by atoms with Crippen LogP contribution < -0.4 is 21.1 Å². The third-order valence-corrected chi connectivity index (χ3v) is 4.25. The summed E-state index contributed by atoms with van der Waals surface area (Å²) in [6, 6.07) is 14.4. The summed E-state index contributed by atoms with van der Waals surface area (Å²) in [5, 5.41) is 5.80. The number of hydrogen-bond acceptors (Lipinski definition) is 4. The molecule has 27 heavy (non-hydrogen) atoms. The summed E-state index contributed by atoms with van der Waals surface area (Å²) < 4.78 is 5.48. The molecule has 3 rings (SSSR count). The predicted octanol–water partition coefficient (Wildman–Crippen LogP) is 2.84. The zero-order chi connectivity index (χ0) is 18.5. The van der Waals surface area contributed by atoms with Gasteiger partial charge in [-0.25, -0.2) is 0 Å². The molecular formula is C20H24ClN3O3. The van der Waals surface area contributed by atoms with Crippen LogP contribution in [0.15, 0.2) is 48.5 Å². The van der Waals surface area contributed by atoms with Gasteiger partial charge < -0.3 is 21.1 Å². The number of rotatable bonds is 7. The van der Waals surface area contributed by atoms with Crippen molar-refractivity contribution in [3.63, 3.8) is 0 Å². The van der Waals surface area contributed by atoms with Crippen molar-refractivity contribution in [3.8, 4) is 5.75 Å². The summed E-state index contributed by atoms with van der Waals surface area (Å²) in [7, 11) is 0. The second kappa shape index (κ2) is 9.28. The van der Waals surface area contributed by atoms with Crippen LogP contribution in [-0.4, -0.2) is 24.5 Å². The topological polar surface area (TPSA) is 93.5 Å². The van der Waals surface area contributed by atoms with Gasteiger partial charge in [0.1, 0.15) is 5.75 Å². The SMILES string of the molecule is CC(NC(=O)c1ccccc1N)c1ccc(OCC(=O)NC2CC2)cc1.Cl. The van der Waals surface area contributed by atoms with Crippen molar-refractivity contribution in [1.82, 2.24) is 10.6 Å². The van der Waals surface area contributed by atoms with E-state index >= 15 is 0 Å². The van der Waals surface area contributed by atoms with E-state index in [4.69, 9.17) is 10.5 Å². The lowest BCUT2D eigenvalue weighted by Crippen LogP contribution is -2.30. The number of carbonyl (C=O) groups is 2. The first-order chi connectivity index (χ1) is 12.5. The Morgan fingerprint density at radius 2 is 1.81 bits per heavy atom. The van der Waals surface area contributed by atoms with Crippen molar-refractivity contribution in [3.05, 3.63) is 59.7 Å². The number of carbonyl (C=O) groups excluding carboxylic acids is 2. The molecule has 1 atom stereocenters. The number of ether oxygens (including phenoxy) is 1. The van der Waals surface area contributed by atoms with Crippen LogP contribution in [0.3, 0.4) is 0 Å². The number of para-hydroxylation sites is 1. The van der Waals surface area contributed by atoms with Gasteiger partial charge in [0.2, 0.25) is 0 Å². The average molecular weight is 390 g/mol. The lowest BCUT2D eigenvalue weighted by molar-refractivity contribution is -0.123. The molecule has 144 valence electrons. The Kier molecular flexibility index (Phi) is 7.07. The largest absolute Gasteiger partial charge is 0.484 e. The lowest BCUT2D eigenvalue weighted by Gasteiger charge is -2.16. The fourth-order valence-electron chi connectivity index (χ4n) is 2.56. The molecule has 1 unspecified atom stereocenters. The zero-order valence-corrected chi connectivity index (χ0v) is 15.9. The molecule has 2 aromatic rings. The Balaban J connectivity index is 0.00000261. The van der Waals surface area contributed by atoms with Crippen molar-refractivity contribution >= 4 is 29.9 Å². The number of halogens is 1. The Morgan fingerprint density at radius 3 is 2.44 bits per heavy atom. The Bertz CT molecular complexity index is 791. The molecule has 2 aromatic carbocycles. The van der Waals surface area contributed by atoms with Crippen LogP contribution in [0.4, 0.5) is 5.69 Å².